The molecule has 1 heterocycles. The van der Waals surface area contributed by atoms with Crippen LogP contribution in [0.3, 0.4) is 0 Å². The number of amides is 1. The van der Waals surface area contributed by atoms with Crippen molar-refractivity contribution in [3.05, 3.63) is 78.1 Å². The molecule has 1 N–H and O–H groups in total. The molecule has 1 aromatic heterocycles. The van der Waals surface area contributed by atoms with Crippen molar-refractivity contribution in [1.82, 2.24) is 15.1 Å². The fourth-order valence-electron chi connectivity index (χ4n) is 2.90. The monoisotopic (exact) mass is 349 g/mol. The van der Waals surface area contributed by atoms with Gasteiger partial charge in [-0.05, 0) is 24.1 Å². The van der Waals surface area contributed by atoms with Crippen molar-refractivity contribution in [2.24, 2.45) is 0 Å². The van der Waals surface area contributed by atoms with Crippen molar-refractivity contribution >= 4 is 5.91 Å². The fraction of sp³-hybridized carbons (Fsp3) is 0.238. The van der Waals surface area contributed by atoms with E-state index >= 15 is 0 Å². The van der Waals surface area contributed by atoms with Crippen LogP contribution in [0.4, 0.5) is 0 Å². The van der Waals surface area contributed by atoms with Gasteiger partial charge >= 0.3 is 0 Å². The van der Waals surface area contributed by atoms with Crippen molar-refractivity contribution in [2.45, 2.75) is 19.3 Å². The van der Waals surface area contributed by atoms with Crippen LogP contribution in [0.15, 0.2) is 66.9 Å². The molecule has 0 bridgehead atoms. The molecule has 26 heavy (non-hydrogen) atoms. The quantitative estimate of drug-likeness (QED) is 0.706. The van der Waals surface area contributed by atoms with Gasteiger partial charge in [-0.3, -0.25) is 4.79 Å². The summed E-state index contributed by atoms with van der Waals surface area (Å²) in [5.74, 6) is 0.493. The number of methoxy groups -OCH3 is 1. The second kappa shape index (κ2) is 8.34. The summed E-state index contributed by atoms with van der Waals surface area (Å²) < 4.78 is 7.00. The van der Waals surface area contributed by atoms with Gasteiger partial charge < -0.3 is 10.1 Å². The Kier molecular flexibility index (Phi) is 5.69. The molecule has 5 heteroatoms. The van der Waals surface area contributed by atoms with E-state index in [1.54, 1.807) is 18.0 Å². The molecule has 2 aromatic carbocycles. The lowest BCUT2D eigenvalue weighted by Crippen LogP contribution is -2.29. The topological polar surface area (TPSA) is 56.2 Å². The summed E-state index contributed by atoms with van der Waals surface area (Å²) in [5, 5.41) is 7.40. The third-order valence-electron chi connectivity index (χ3n) is 4.41. The number of carbonyl (C=O) groups excluding carboxylic acids is 1. The van der Waals surface area contributed by atoms with Gasteiger partial charge in [0.15, 0.2) is 11.4 Å². The van der Waals surface area contributed by atoms with Gasteiger partial charge in [0.1, 0.15) is 0 Å². The zero-order chi connectivity index (χ0) is 18.4. The van der Waals surface area contributed by atoms with Gasteiger partial charge in [0.2, 0.25) is 0 Å². The number of hydrogen-bond donors (Lipinski definition) is 1. The van der Waals surface area contributed by atoms with Crippen LogP contribution >= 0.6 is 0 Å². The summed E-state index contributed by atoms with van der Waals surface area (Å²) in [7, 11) is 1.54. The molecule has 3 aromatic rings. The second-order valence-corrected chi connectivity index (χ2v) is 6.05. The van der Waals surface area contributed by atoms with Gasteiger partial charge in [-0.15, -0.1) is 0 Å². The molecular weight excluding hydrogens is 326 g/mol. The van der Waals surface area contributed by atoms with Crippen molar-refractivity contribution in [3.8, 4) is 11.4 Å². The Hall–Kier alpha value is -3.08. The van der Waals surface area contributed by atoms with Crippen LogP contribution in [0, 0.1) is 0 Å². The van der Waals surface area contributed by atoms with Gasteiger partial charge in [-0.2, -0.15) is 5.10 Å². The molecular formula is C21H23N3O2. The Labute approximate surface area is 153 Å². The zero-order valence-electron chi connectivity index (χ0n) is 15.1. The largest absolute Gasteiger partial charge is 0.493 e. The first-order valence-electron chi connectivity index (χ1n) is 8.75. The van der Waals surface area contributed by atoms with E-state index in [0.717, 1.165) is 12.1 Å². The van der Waals surface area contributed by atoms with E-state index in [0.29, 0.717) is 18.0 Å². The average Bonchev–Trinajstić information content (AvgIpc) is 3.14. The Morgan fingerprint density at radius 3 is 2.38 bits per heavy atom. The van der Waals surface area contributed by atoms with Crippen LogP contribution in [0.5, 0.6) is 5.75 Å². The van der Waals surface area contributed by atoms with Crippen molar-refractivity contribution in [1.29, 1.82) is 0 Å². The zero-order valence-corrected chi connectivity index (χ0v) is 15.1. The Morgan fingerprint density at radius 2 is 1.77 bits per heavy atom. The van der Waals surface area contributed by atoms with E-state index < -0.39 is 0 Å². The third-order valence-corrected chi connectivity index (χ3v) is 4.41. The third kappa shape index (κ3) is 3.94. The van der Waals surface area contributed by atoms with Crippen LogP contribution in [-0.4, -0.2) is 29.3 Å². The molecule has 0 saturated heterocycles. The average molecular weight is 349 g/mol. The van der Waals surface area contributed by atoms with Gasteiger partial charge in [0, 0.05) is 12.5 Å². The molecule has 0 saturated carbocycles. The molecule has 5 nitrogen and oxygen atoms in total. The van der Waals surface area contributed by atoms with Gasteiger partial charge in [-0.1, -0.05) is 55.5 Å². The number of nitrogens with zero attached hydrogens (tertiary/aromatic N) is 2. The Balaban J connectivity index is 1.74. The van der Waals surface area contributed by atoms with Crippen LogP contribution in [0.25, 0.3) is 5.69 Å². The van der Waals surface area contributed by atoms with E-state index in [1.807, 2.05) is 48.5 Å². The van der Waals surface area contributed by atoms with E-state index in [1.165, 1.54) is 5.56 Å². The maximum absolute atomic E-state index is 12.7. The maximum atomic E-state index is 12.7. The summed E-state index contributed by atoms with van der Waals surface area (Å²) in [6.07, 6.45) is 2.67. The molecule has 134 valence electrons. The number of carbonyl (C=O) groups is 1. The molecule has 1 atom stereocenters. The highest BCUT2D eigenvalue weighted by Gasteiger charge is 2.19. The van der Waals surface area contributed by atoms with Gasteiger partial charge in [0.05, 0.1) is 19.0 Å². The van der Waals surface area contributed by atoms with Crippen LogP contribution < -0.4 is 10.1 Å². The smallest absolute Gasteiger partial charge is 0.275 e. The first-order chi connectivity index (χ1) is 12.7. The first kappa shape index (κ1) is 17.7. The van der Waals surface area contributed by atoms with Crippen LogP contribution in [-0.2, 0) is 0 Å². The molecule has 1 unspecified atom stereocenters. The lowest BCUT2D eigenvalue weighted by Gasteiger charge is -2.15. The lowest BCUT2D eigenvalue weighted by atomic mass is 9.96. The molecule has 0 spiro atoms. The second-order valence-electron chi connectivity index (χ2n) is 6.05. The highest BCUT2D eigenvalue weighted by molar-refractivity contribution is 5.95. The maximum Gasteiger partial charge on any atom is 0.275 e. The summed E-state index contributed by atoms with van der Waals surface area (Å²) in [6.45, 7) is 2.68. The minimum atomic E-state index is -0.231. The van der Waals surface area contributed by atoms with Crippen molar-refractivity contribution in [3.63, 3.8) is 0 Å². The molecule has 0 aliphatic rings. The number of rotatable bonds is 7. The molecule has 0 radical (unpaired) electrons. The number of para-hydroxylation sites is 1. The number of benzene rings is 2. The van der Waals surface area contributed by atoms with Gasteiger partial charge in [0.25, 0.3) is 5.91 Å². The van der Waals surface area contributed by atoms with E-state index in [4.69, 9.17) is 4.74 Å². The van der Waals surface area contributed by atoms with Gasteiger partial charge in [-0.25, -0.2) is 4.68 Å². The van der Waals surface area contributed by atoms with E-state index in [9.17, 15) is 4.79 Å². The minimum absolute atomic E-state index is 0.231. The first-order valence-corrected chi connectivity index (χ1v) is 8.75. The van der Waals surface area contributed by atoms with Crippen LogP contribution in [0.1, 0.15) is 35.3 Å². The standard InChI is InChI=1S/C21H23N3O2/c1-3-16(17-10-6-4-7-11-17)14-22-21(25)20-19(26-2)15-24(23-20)18-12-8-5-9-13-18/h4-13,15-16H,3,14H2,1-2H3,(H,22,25). The highest BCUT2D eigenvalue weighted by Crippen LogP contribution is 2.21. The summed E-state index contributed by atoms with van der Waals surface area (Å²) in [5.41, 5.74) is 2.39. The number of aromatic nitrogens is 2. The molecule has 0 aliphatic carbocycles. The van der Waals surface area contributed by atoms with E-state index in [2.05, 4.69) is 29.5 Å². The normalized spacial score (nSPS) is 11.8. The predicted octanol–water partition coefficient (Wildman–Crippen LogP) is 3.80. The summed E-state index contributed by atoms with van der Waals surface area (Å²) >= 11 is 0. The number of hydrogen-bond acceptors (Lipinski definition) is 3. The molecule has 0 aliphatic heterocycles. The molecule has 0 fully saturated rings. The highest BCUT2D eigenvalue weighted by atomic mass is 16.5. The minimum Gasteiger partial charge on any atom is -0.493 e. The number of ether oxygens (including phenoxy) is 1. The molecule has 3 rings (SSSR count). The molecule has 1 amide bonds. The van der Waals surface area contributed by atoms with Crippen LogP contribution in [0.2, 0.25) is 0 Å². The van der Waals surface area contributed by atoms with E-state index in [-0.39, 0.29) is 11.8 Å². The SMILES string of the molecule is CCC(CNC(=O)c1nn(-c2ccccc2)cc1OC)c1ccccc1. The fourth-order valence-corrected chi connectivity index (χ4v) is 2.90. The number of nitrogens with one attached hydrogen (secondary N) is 1. The summed E-state index contributed by atoms with van der Waals surface area (Å²) in [6, 6.07) is 19.9. The lowest BCUT2D eigenvalue weighted by molar-refractivity contribution is 0.0942. The Bertz CT molecular complexity index is 844. The van der Waals surface area contributed by atoms with Crippen molar-refractivity contribution < 1.29 is 9.53 Å². The van der Waals surface area contributed by atoms with Crippen molar-refractivity contribution in [2.75, 3.05) is 13.7 Å². The summed E-state index contributed by atoms with van der Waals surface area (Å²) in [4.78, 5) is 12.7. The Morgan fingerprint density at radius 1 is 1.12 bits per heavy atom. The predicted molar refractivity (Wildman–Crippen MR) is 102 cm³/mol.